The number of carbonyl (C=O) groups is 1. The lowest BCUT2D eigenvalue weighted by Crippen LogP contribution is -2.50. The highest BCUT2D eigenvalue weighted by Gasteiger charge is 2.40. The Kier molecular flexibility index (Phi) is 4.58. The molecule has 2 N–H and O–H groups in total. The molecule has 1 saturated heterocycles. The van der Waals surface area contributed by atoms with Crippen LogP contribution in [0.5, 0.6) is 0 Å². The molecule has 0 aromatic heterocycles. The first-order valence-corrected chi connectivity index (χ1v) is 7.38. The zero-order valence-corrected chi connectivity index (χ0v) is 12.5. The number of amides is 1. The second-order valence-corrected chi connectivity index (χ2v) is 5.86. The minimum Gasteiger partial charge on any atom is -0.322 e. The van der Waals surface area contributed by atoms with E-state index in [1.807, 2.05) is 0 Å². The second-order valence-electron chi connectivity index (χ2n) is 4.94. The molecule has 1 aromatic rings. The fourth-order valence-corrected chi connectivity index (χ4v) is 2.95. The summed E-state index contributed by atoms with van der Waals surface area (Å²) in [5.41, 5.74) is -0.313. The van der Waals surface area contributed by atoms with Crippen LogP contribution in [0.3, 0.4) is 0 Å². The van der Waals surface area contributed by atoms with Crippen molar-refractivity contribution in [3.63, 3.8) is 0 Å². The van der Waals surface area contributed by atoms with Crippen molar-refractivity contribution in [1.29, 1.82) is 0 Å². The first kappa shape index (κ1) is 14.5. The maximum atomic E-state index is 13.7. The van der Waals surface area contributed by atoms with Gasteiger partial charge in [0.1, 0.15) is 5.82 Å². The molecule has 3 nitrogen and oxygen atoms in total. The highest BCUT2D eigenvalue weighted by atomic mass is 79.9. The Labute approximate surface area is 121 Å². The molecule has 1 heterocycles. The van der Waals surface area contributed by atoms with Crippen molar-refractivity contribution in [3.05, 3.63) is 28.5 Å². The molecule has 19 heavy (non-hydrogen) atoms. The van der Waals surface area contributed by atoms with E-state index in [1.54, 1.807) is 12.1 Å². The molecule has 0 radical (unpaired) electrons. The fourth-order valence-electron chi connectivity index (χ4n) is 2.59. The number of nitrogens with one attached hydrogen (secondary N) is 2. The molecule has 5 heteroatoms. The van der Waals surface area contributed by atoms with Gasteiger partial charge in [-0.1, -0.05) is 29.3 Å². The Morgan fingerprint density at radius 2 is 2.37 bits per heavy atom. The van der Waals surface area contributed by atoms with Crippen LogP contribution in [-0.2, 0) is 4.79 Å². The largest absolute Gasteiger partial charge is 0.322 e. The van der Waals surface area contributed by atoms with Crippen LogP contribution in [0.4, 0.5) is 10.1 Å². The molecule has 1 aromatic carbocycles. The van der Waals surface area contributed by atoms with Gasteiger partial charge < -0.3 is 10.6 Å². The van der Waals surface area contributed by atoms with E-state index in [1.165, 1.54) is 6.07 Å². The van der Waals surface area contributed by atoms with Gasteiger partial charge in [0.2, 0.25) is 5.91 Å². The standard InChI is InChI=1S/C14H18BrFN2O/c1-2-6-14(7-3-8-17-14)13(19)18-12-9-10(15)4-5-11(12)16/h4-5,9,17H,2-3,6-8H2,1H3,(H,18,19). The van der Waals surface area contributed by atoms with Gasteiger partial charge in [-0.25, -0.2) is 4.39 Å². The lowest BCUT2D eigenvalue weighted by molar-refractivity contribution is -0.122. The van der Waals surface area contributed by atoms with E-state index < -0.39 is 11.4 Å². The average molecular weight is 329 g/mol. The van der Waals surface area contributed by atoms with Crippen LogP contribution in [-0.4, -0.2) is 18.0 Å². The predicted octanol–water partition coefficient (Wildman–Crippen LogP) is 3.45. The van der Waals surface area contributed by atoms with E-state index in [-0.39, 0.29) is 11.6 Å². The lowest BCUT2D eigenvalue weighted by Gasteiger charge is -2.28. The van der Waals surface area contributed by atoms with Crippen molar-refractivity contribution < 1.29 is 9.18 Å². The number of hydrogen-bond donors (Lipinski definition) is 2. The third kappa shape index (κ3) is 3.15. The summed E-state index contributed by atoms with van der Waals surface area (Å²) in [6.07, 6.45) is 3.48. The van der Waals surface area contributed by atoms with Crippen molar-refractivity contribution in [2.24, 2.45) is 0 Å². The van der Waals surface area contributed by atoms with Gasteiger partial charge in [-0.2, -0.15) is 0 Å². The summed E-state index contributed by atoms with van der Waals surface area (Å²) in [4.78, 5) is 12.4. The molecule has 1 aliphatic rings. The number of rotatable bonds is 4. The van der Waals surface area contributed by atoms with Crippen LogP contribution < -0.4 is 10.6 Å². The summed E-state index contributed by atoms with van der Waals surface area (Å²) >= 11 is 3.28. The van der Waals surface area contributed by atoms with Gasteiger partial charge in [-0.15, -0.1) is 0 Å². The lowest BCUT2D eigenvalue weighted by atomic mass is 9.91. The Balaban J connectivity index is 2.17. The molecule has 1 amide bonds. The van der Waals surface area contributed by atoms with Gasteiger partial charge >= 0.3 is 0 Å². The minimum absolute atomic E-state index is 0.135. The molecule has 1 unspecified atom stereocenters. The predicted molar refractivity (Wildman–Crippen MR) is 77.6 cm³/mol. The van der Waals surface area contributed by atoms with Crippen LogP contribution in [0, 0.1) is 5.82 Å². The molecule has 0 spiro atoms. The molecular formula is C14H18BrFN2O. The first-order chi connectivity index (χ1) is 9.07. The molecule has 1 aliphatic heterocycles. The number of anilines is 1. The van der Waals surface area contributed by atoms with Gasteiger partial charge in [-0.05, 0) is 44.0 Å². The third-order valence-electron chi connectivity index (χ3n) is 3.53. The smallest absolute Gasteiger partial charge is 0.244 e. The maximum absolute atomic E-state index is 13.7. The van der Waals surface area contributed by atoms with Crippen molar-refractivity contribution in [2.75, 3.05) is 11.9 Å². The van der Waals surface area contributed by atoms with Crippen LogP contribution in [0.2, 0.25) is 0 Å². The molecule has 0 aliphatic carbocycles. The second kappa shape index (κ2) is 6.01. The Morgan fingerprint density at radius 1 is 1.58 bits per heavy atom. The van der Waals surface area contributed by atoms with Crippen LogP contribution >= 0.6 is 15.9 Å². The van der Waals surface area contributed by atoms with E-state index >= 15 is 0 Å². The normalized spacial score (nSPS) is 22.5. The van der Waals surface area contributed by atoms with Crippen LogP contribution in [0.25, 0.3) is 0 Å². The quantitative estimate of drug-likeness (QED) is 0.888. The van der Waals surface area contributed by atoms with E-state index in [0.717, 1.165) is 36.7 Å². The summed E-state index contributed by atoms with van der Waals surface area (Å²) in [5.74, 6) is -0.551. The van der Waals surface area contributed by atoms with Crippen molar-refractivity contribution in [3.8, 4) is 0 Å². The van der Waals surface area contributed by atoms with Crippen molar-refractivity contribution in [2.45, 2.75) is 38.1 Å². The molecule has 0 bridgehead atoms. The molecule has 1 fully saturated rings. The summed E-state index contributed by atoms with van der Waals surface area (Å²) in [7, 11) is 0. The van der Waals surface area contributed by atoms with Crippen LogP contribution in [0.1, 0.15) is 32.6 Å². The fraction of sp³-hybridized carbons (Fsp3) is 0.500. The number of hydrogen-bond acceptors (Lipinski definition) is 2. The van der Waals surface area contributed by atoms with E-state index in [0.29, 0.717) is 0 Å². The molecule has 104 valence electrons. The summed E-state index contributed by atoms with van der Waals surface area (Å²) in [6, 6.07) is 4.54. The molecular weight excluding hydrogens is 311 g/mol. The topological polar surface area (TPSA) is 41.1 Å². The van der Waals surface area contributed by atoms with E-state index in [2.05, 4.69) is 33.5 Å². The van der Waals surface area contributed by atoms with E-state index in [9.17, 15) is 9.18 Å². The highest BCUT2D eigenvalue weighted by Crippen LogP contribution is 2.28. The van der Waals surface area contributed by atoms with Gasteiger partial charge in [0.05, 0.1) is 11.2 Å². The molecule has 2 rings (SSSR count). The van der Waals surface area contributed by atoms with Crippen molar-refractivity contribution in [1.82, 2.24) is 5.32 Å². The number of halogens is 2. The van der Waals surface area contributed by atoms with Crippen LogP contribution in [0.15, 0.2) is 22.7 Å². The summed E-state index contributed by atoms with van der Waals surface area (Å²) in [5, 5.41) is 5.99. The zero-order valence-electron chi connectivity index (χ0n) is 10.9. The van der Waals surface area contributed by atoms with Gasteiger partial charge in [0.25, 0.3) is 0 Å². The maximum Gasteiger partial charge on any atom is 0.244 e. The monoisotopic (exact) mass is 328 g/mol. The SMILES string of the molecule is CCCC1(C(=O)Nc2cc(Br)ccc2F)CCCN1. The summed E-state index contributed by atoms with van der Waals surface area (Å²) < 4.78 is 14.4. The Bertz CT molecular complexity index is 473. The third-order valence-corrected chi connectivity index (χ3v) is 4.02. The van der Waals surface area contributed by atoms with Gasteiger partial charge in [-0.3, -0.25) is 4.79 Å². The van der Waals surface area contributed by atoms with E-state index in [4.69, 9.17) is 0 Å². The Morgan fingerprint density at radius 3 is 3.00 bits per heavy atom. The average Bonchev–Trinajstić information content (AvgIpc) is 2.84. The molecule has 1 atom stereocenters. The molecule has 0 saturated carbocycles. The zero-order chi connectivity index (χ0) is 13.9. The Hall–Kier alpha value is -0.940. The number of benzene rings is 1. The highest BCUT2D eigenvalue weighted by molar-refractivity contribution is 9.10. The minimum atomic E-state index is -0.538. The van der Waals surface area contributed by atoms with Crippen molar-refractivity contribution >= 4 is 27.5 Å². The number of carbonyl (C=O) groups excluding carboxylic acids is 1. The van der Waals surface area contributed by atoms with Gasteiger partial charge in [0, 0.05) is 4.47 Å². The first-order valence-electron chi connectivity index (χ1n) is 6.59. The summed E-state index contributed by atoms with van der Waals surface area (Å²) in [6.45, 7) is 2.89. The van der Waals surface area contributed by atoms with Gasteiger partial charge in [0.15, 0.2) is 0 Å².